The van der Waals surface area contributed by atoms with Crippen LogP contribution in [0.1, 0.15) is 37.9 Å². The molecular weight excluding hydrogens is 275 g/mol. The quantitative estimate of drug-likeness (QED) is 0.841. The predicted octanol–water partition coefficient (Wildman–Crippen LogP) is 3.51. The van der Waals surface area contributed by atoms with Crippen LogP contribution >= 0.6 is 22.6 Å². The number of aliphatic hydroxyl groups is 1. The van der Waals surface area contributed by atoms with Gasteiger partial charge >= 0.3 is 0 Å². The molecule has 0 aliphatic carbocycles. The number of halogens is 1. The molecule has 0 heterocycles. The molecule has 1 aromatic rings. The van der Waals surface area contributed by atoms with Gasteiger partial charge in [-0.05, 0) is 40.6 Å². The first-order valence-corrected chi connectivity index (χ1v) is 5.76. The highest BCUT2D eigenvalue weighted by Crippen LogP contribution is 2.23. The zero-order valence-corrected chi connectivity index (χ0v) is 9.99. The number of hydrogen-bond acceptors (Lipinski definition) is 1. The summed E-state index contributed by atoms with van der Waals surface area (Å²) in [4.78, 5) is 0. The van der Waals surface area contributed by atoms with Crippen LogP contribution in [-0.2, 0) is 0 Å². The van der Waals surface area contributed by atoms with Crippen LogP contribution in [0.4, 0.5) is 0 Å². The third-order valence-electron chi connectivity index (χ3n) is 2.10. The van der Waals surface area contributed by atoms with Gasteiger partial charge in [-0.15, -0.1) is 0 Å². The molecule has 0 amide bonds. The molecule has 0 saturated heterocycles. The van der Waals surface area contributed by atoms with Crippen molar-refractivity contribution in [1.29, 1.82) is 0 Å². The molecule has 0 aromatic heterocycles. The standard InChI is InChI=1S/C11H15IO/c1-2-3-8-11(13)9-6-4-5-7-10(9)12/h4-7,11,13H,2-3,8H2,1H3/t11-/m0/s1. The molecule has 0 radical (unpaired) electrons. The first-order valence-electron chi connectivity index (χ1n) is 4.68. The third kappa shape index (κ3) is 3.27. The van der Waals surface area contributed by atoms with Gasteiger partial charge in [0.15, 0.2) is 0 Å². The molecule has 1 rings (SSSR count). The fraction of sp³-hybridized carbons (Fsp3) is 0.455. The molecule has 0 fully saturated rings. The molecule has 0 spiro atoms. The minimum Gasteiger partial charge on any atom is -0.388 e. The van der Waals surface area contributed by atoms with E-state index >= 15 is 0 Å². The largest absolute Gasteiger partial charge is 0.388 e. The Kier molecular flexibility index (Phi) is 4.73. The minimum atomic E-state index is -0.284. The average Bonchev–Trinajstić information content (AvgIpc) is 2.15. The van der Waals surface area contributed by atoms with E-state index in [1.54, 1.807) is 0 Å². The predicted molar refractivity (Wildman–Crippen MR) is 63.6 cm³/mol. The topological polar surface area (TPSA) is 20.2 Å². The number of aliphatic hydroxyl groups excluding tert-OH is 1. The second kappa shape index (κ2) is 5.60. The number of benzene rings is 1. The van der Waals surface area contributed by atoms with Crippen LogP contribution < -0.4 is 0 Å². The molecule has 1 N–H and O–H groups in total. The highest BCUT2D eigenvalue weighted by atomic mass is 127. The van der Waals surface area contributed by atoms with E-state index in [0.29, 0.717) is 0 Å². The monoisotopic (exact) mass is 290 g/mol. The Morgan fingerprint density at radius 3 is 2.69 bits per heavy atom. The van der Waals surface area contributed by atoms with E-state index in [1.807, 2.05) is 24.3 Å². The molecule has 0 aliphatic heterocycles. The van der Waals surface area contributed by atoms with Gasteiger partial charge in [0.05, 0.1) is 6.10 Å². The Hall–Kier alpha value is -0.0900. The van der Waals surface area contributed by atoms with Crippen LogP contribution in [0.5, 0.6) is 0 Å². The number of unbranched alkanes of at least 4 members (excludes halogenated alkanes) is 1. The van der Waals surface area contributed by atoms with Gasteiger partial charge in [0.25, 0.3) is 0 Å². The van der Waals surface area contributed by atoms with Crippen LogP contribution in [0.25, 0.3) is 0 Å². The van der Waals surface area contributed by atoms with Gasteiger partial charge in [-0.2, -0.15) is 0 Å². The van der Waals surface area contributed by atoms with Gasteiger partial charge in [-0.1, -0.05) is 38.0 Å². The summed E-state index contributed by atoms with van der Waals surface area (Å²) in [5.74, 6) is 0. The zero-order chi connectivity index (χ0) is 9.68. The van der Waals surface area contributed by atoms with Crippen molar-refractivity contribution in [3.8, 4) is 0 Å². The second-order valence-electron chi connectivity index (χ2n) is 3.18. The van der Waals surface area contributed by atoms with Crippen molar-refractivity contribution in [1.82, 2.24) is 0 Å². The molecule has 1 atom stereocenters. The van der Waals surface area contributed by atoms with E-state index in [2.05, 4.69) is 29.5 Å². The van der Waals surface area contributed by atoms with Crippen molar-refractivity contribution in [2.75, 3.05) is 0 Å². The Bertz CT molecular complexity index is 260. The van der Waals surface area contributed by atoms with Crippen molar-refractivity contribution in [2.24, 2.45) is 0 Å². The molecule has 1 nitrogen and oxygen atoms in total. The normalized spacial score (nSPS) is 12.8. The van der Waals surface area contributed by atoms with Crippen LogP contribution in [0.3, 0.4) is 0 Å². The Balaban J connectivity index is 2.65. The molecule has 1 aromatic carbocycles. The van der Waals surface area contributed by atoms with Crippen LogP contribution in [0, 0.1) is 3.57 Å². The molecule has 2 heteroatoms. The van der Waals surface area contributed by atoms with Gasteiger partial charge < -0.3 is 5.11 Å². The Morgan fingerprint density at radius 1 is 1.38 bits per heavy atom. The molecule has 72 valence electrons. The molecule has 0 saturated carbocycles. The lowest BCUT2D eigenvalue weighted by atomic mass is 10.0. The van der Waals surface area contributed by atoms with Gasteiger partial charge in [-0.25, -0.2) is 0 Å². The van der Waals surface area contributed by atoms with E-state index in [4.69, 9.17) is 0 Å². The molecule has 13 heavy (non-hydrogen) atoms. The summed E-state index contributed by atoms with van der Waals surface area (Å²) >= 11 is 2.27. The summed E-state index contributed by atoms with van der Waals surface area (Å²) in [6.07, 6.45) is 2.82. The zero-order valence-electron chi connectivity index (χ0n) is 7.83. The fourth-order valence-electron chi connectivity index (χ4n) is 1.30. The number of hydrogen-bond donors (Lipinski definition) is 1. The van der Waals surface area contributed by atoms with Gasteiger partial charge in [0, 0.05) is 3.57 Å². The second-order valence-corrected chi connectivity index (χ2v) is 4.34. The Labute approximate surface area is 93.3 Å². The van der Waals surface area contributed by atoms with Crippen LogP contribution in [0.15, 0.2) is 24.3 Å². The molecule has 0 bridgehead atoms. The SMILES string of the molecule is CCCC[C@H](O)c1ccccc1I. The molecule has 0 unspecified atom stereocenters. The smallest absolute Gasteiger partial charge is 0.0800 e. The fourth-order valence-corrected chi connectivity index (χ4v) is 2.05. The van der Waals surface area contributed by atoms with E-state index in [1.165, 1.54) is 0 Å². The summed E-state index contributed by atoms with van der Waals surface area (Å²) in [7, 11) is 0. The van der Waals surface area contributed by atoms with Crippen molar-refractivity contribution in [2.45, 2.75) is 32.3 Å². The van der Waals surface area contributed by atoms with E-state index in [-0.39, 0.29) is 6.10 Å². The minimum absolute atomic E-state index is 0.284. The van der Waals surface area contributed by atoms with Gasteiger partial charge in [0.1, 0.15) is 0 Å². The molecular formula is C11H15IO. The van der Waals surface area contributed by atoms with Crippen LogP contribution in [-0.4, -0.2) is 5.11 Å². The van der Waals surface area contributed by atoms with Crippen molar-refractivity contribution in [3.05, 3.63) is 33.4 Å². The lowest BCUT2D eigenvalue weighted by Crippen LogP contribution is -1.99. The maximum Gasteiger partial charge on any atom is 0.0800 e. The van der Waals surface area contributed by atoms with E-state index in [9.17, 15) is 5.11 Å². The number of rotatable bonds is 4. The van der Waals surface area contributed by atoms with Gasteiger partial charge in [-0.3, -0.25) is 0 Å². The summed E-state index contributed by atoms with van der Waals surface area (Å²) in [5, 5.41) is 9.83. The summed E-state index contributed by atoms with van der Waals surface area (Å²) in [5.41, 5.74) is 1.07. The highest BCUT2D eigenvalue weighted by molar-refractivity contribution is 14.1. The van der Waals surface area contributed by atoms with E-state index in [0.717, 1.165) is 28.4 Å². The van der Waals surface area contributed by atoms with Crippen molar-refractivity contribution >= 4 is 22.6 Å². The average molecular weight is 290 g/mol. The van der Waals surface area contributed by atoms with Crippen LogP contribution in [0.2, 0.25) is 0 Å². The summed E-state index contributed by atoms with van der Waals surface area (Å²) < 4.78 is 1.16. The maximum absolute atomic E-state index is 9.83. The van der Waals surface area contributed by atoms with E-state index < -0.39 is 0 Å². The first kappa shape index (κ1) is 11.0. The lowest BCUT2D eigenvalue weighted by Gasteiger charge is -2.11. The van der Waals surface area contributed by atoms with Gasteiger partial charge in [0.2, 0.25) is 0 Å². The van der Waals surface area contributed by atoms with Crippen molar-refractivity contribution in [3.63, 3.8) is 0 Å². The maximum atomic E-state index is 9.83. The first-order chi connectivity index (χ1) is 6.25. The summed E-state index contributed by atoms with van der Waals surface area (Å²) in [6, 6.07) is 8.01. The molecule has 0 aliphatic rings. The summed E-state index contributed by atoms with van der Waals surface area (Å²) in [6.45, 7) is 2.14. The highest BCUT2D eigenvalue weighted by Gasteiger charge is 2.08. The Morgan fingerprint density at radius 2 is 2.08 bits per heavy atom. The van der Waals surface area contributed by atoms with Crippen molar-refractivity contribution < 1.29 is 5.11 Å². The third-order valence-corrected chi connectivity index (χ3v) is 3.08. The lowest BCUT2D eigenvalue weighted by molar-refractivity contribution is 0.163.